The van der Waals surface area contributed by atoms with Crippen LogP contribution < -0.4 is 10.1 Å². The van der Waals surface area contributed by atoms with E-state index < -0.39 is 18.6 Å². The van der Waals surface area contributed by atoms with Gasteiger partial charge in [0.25, 0.3) is 0 Å². The van der Waals surface area contributed by atoms with E-state index in [9.17, 15) is 13.2 Å². The van der Waals surface area contributed by atoms with E-state index in [0.29, 0.717) is 6.61 Å². The molecule has 1 rings (SSSR count). The molecule has 0 fully saturated rings. The van der Waals surface area contributed by atoms with Gasteiger partial charge in [-0.25, -0.2) is 0 Å². The van der Waals surface area contributed by atoms with Crippen molar-refractivity contribution in [2.24, 2.45) is 0 Å². The second-order valence-corrected chi connectivity index (χ2v) is 5.03. The molecule has 114 valence electrons. The molecule has 2 unspecified atom stereocenters. The van der Waals surface area contributed by atoms with Crippen LogP contribution in [0.1, 0.15) is 45.2 Å². The number of hydrogen-bond acceptors (Lipinski definition) is 2. The number of benzene rings is 1. The largest absolute Gasteiger partial charge is 0.494 e. The van der Waals surface area contributed by atoms with Gasteiger partial charge in [0.2, 0.25) is 0 Å². The molecule has 5 heteroatoms. The van der Waals surface area contributed by atoms with Gasteiger partial charge in [-0.05, 0) is 38.0 Å². The second kappa shape index (κ2) is 7.53. The topological polar surface area (TPSA) is 21.3 Å². The highest BCUT2D eigenvalue weighted by Gasteiger charge is 2.30. The van der Waals surface area contributed by atoms with E-state index in [1.807, 2.05) is 38.1 Å². The van der Waals surface area contributed by atoms with Crippen molar-refractivity contribution in [2.75, 3.05) is 6.61 Å². The van der Waals surface area contributed by atoms with Crippen molar-refractivity contribution >= 4 is 0 Å². The third-order valence-corrected chi connectivity index (χ3v) is 2.93. The Labute approximate surface area is 118 Å². The zero-order chi connectivity index (χ0) is 15.2. The van der Waals surface area contributed by atoms with Crippen LogP contribution >= 0.6 is 0 Å². The average molecular weight is 289 g/mol. The van der Waals surface area contributed by atoms with Crippen LogP contribution in [-0.4, -0.2) is 18.8 Å². The Morgan fingerprint density at radius 1 is 1.15 bits per heavy atom. The minimum atomic E-state index is -4.13. The Morgan fingerprint density at radius 3 is 2.25 bits per heavy atom. The number of halogens is 3. The van der Waals surface area contributed by atoms with Crippen molar-refractivity contribution in [1.82, 2.24) is 5.32 Å². The summed E-state index contributed by atoms with van der Waals surface area (Å²) in [5.41, 5.74) is 0.947. The van der Waals surface area contributed by atoms with Gasteiger partial charge in [0.15, 0.2) is 0 Å². The van der Waals surface area contributed by atoms with E-state index in [0.717, 1.165) is 17.7 Å². The number of rotatable bonds is 7. The van der Waals surface area contributed by atoms with Gasteiger partial charge in [-0.1, -0.05) is 19.1 Å². The molecule has 0 heterocycles. The highest BCUT2D eigenvalue weighted by atomic mass is 19.4. The van der Waals surface area contributed by atoms with E-state index in [1.54, 1.807) is 6.92 Å². The first-order valence-corrected chi connectivity index (χ1v) is 6.87. The first kappa shape index (κ1) is 16.8. The van der Waals surface area contributed by atoms with Crippen LogP contribution in [0.4, 0.5) is 13.2 Å². The fourth-order valence-corrected chi connectivity index (χ4v) is 2.00. The summed E-state index contributed by atoms with van der Waals surface area (Å²) in [4.78, 5) is 0. The van der Waals surface area contributed by atoms with Gasteiger partial charge >= 0.3 is 6.18 Å². The summed E-state index contributed by atoms with van der Waals surface area (Å²) >= 11 is 0. The summed E-state index contributed by atoms with van der Waals surface area (Å²) in [5, 5.41) is 2.95. The van der Waals surface area contributed by atoms with Crippen molar-refractivity contribution in [1.29, 1.82) is 0 Å². The summed E-state index contributed by atoms with van der Waals surface area (Å²) < 4.78 is 42.3. The smallest absolute Gasteiger partial charge is 0.390 e. The zero-order valence-electron chi connectivity index (χ0n) is 12.1. The molecule has 0 aromatic heterocycles. The van der Waals surface area contributed by atoms with Crippen molar-refractivity contribution in [2.45, 2.75) is 51.9 Å². The molecular weight excluding hydrogens is 267 g/mol. The number of hydrogen-bond donors (Lipinski definition) is 1. The third-order valence-electron chi connectivity index (χ3n) is 2.93. The lowest BCUT2D eigenvalue weighted by molar-refractivity contribution is -0.139. The van der Waals surface area contributed by atoms with Gasteiger partial charge in [0, 0.05) is 12.1 Å². The highest BCUT2D eigenvalue weighted by Crippen LogP contribution is 2.23. The number of alkyl halides is 3. The van der Waals surface area contributed by atoms with Crippen LogP contribution in [0.2, 0.25) is 0 Å². The molecule has 1 N–H and O–H groups in total. The number of nitrogens with one attached hydrogen (secondary N) is 1. The minimum Gasteiger partial charge on any atom is -0.494 e. The summed E-state index contributed by atoms with van der Waals surface area (Å²) in [5.74, 6) is 0.783. The normalized spacial score (nSPS) is 14.9. The van der Waals surface area contributed by atoms with E-state index in [2.05, 4.69) is 5.32 Å². The van der Waals surface area contributed by atoms with Crippen molar-refractivity contribution in [3.63, 3.8) is 0 Å². The summed E-state index contributed by atoms with van der Waals surface area (Å²) in [6.45, 7) is 6.09. The lowest BCUT2D eigenvalue weighted by Crippen LogP contribution is -2.33. The molecule has 0 saturated carbocycles. The predicted octanol–water partition coefficient (Wildman–Crippen LogP) is 4.47. The van der Waals surface area contributed by atoms with Crippen LogP contribution in [0.3, 0.4) is 0 Å². The van der Waals surface area contributed by atoms with Gasteiger partial charge in [0.1, 0.15) is 5.75 Å². The maximum atomic E-state index is 12.3. The van der Waals surface area contributed by atoms with Gasteiger partial charge in [-0.2, -0.15) is 13.2 Å². The Balaban J connectivity index is 2.52. The minimum absolute atomic E-state index is 0.132. The van der Waals surface area contributed by atoms with Gasteiger partial charge in [-0.3, -0.25) is 0 Å². The first-order valence-electron chi connectivity index (χ1n) is 6.87. The Kier molecular flexibility index (Phi) is 6.33. The molecule has 1 aromatic rings. The molecule has 0 amide bonds. The van der Waals surface area contributed by atoms with Crippen molar-refractivity contribution < 1.29 is 17.9 Å². The van der Waals surface area contributed by atoms with Crippen LogP contribution in [-0.2, 0) is 0 Å². The van der Waals surface area contributed by atoms with E-state index in [4.69, 9.17) is 4.74 Å². The summed E-state index contributed by atoms with van der Waals surface area (Å²) in [6.07, 6.45) is -4.02. The third kappa shape index (κ3) is 6.28. The molecule has 0 aliphatic heterocycles. The summed E-state index contributed by atoms with van der Waals surface area (Å²) in [6, 6.07) is 6.70. The second-order valence-electron chi connectivity index (χ2n) is 5.03. The lowest BCUT2D eigenvalue weighted by Gasteiger charge is -2.21. The van der Waals surface area contributed by atoms with Crippen LogP contribution in [0, 0.1) is 0 Å². The molecule has 1 aromatic carbocycles. The average Bonchev–Trinajstić information content (AvgIpc) is 2.34. The Morgan fingerprint density at radius 2 is 1.75 bits per heavy atom. The predicted molar refractivity (Wildman–Crippen MR) is 73.9 cm³/mol. The fourth-order valence-electron chi connectivity index (χ4n) is 2.00. The molecule has 0 aliphatic carbocycles. The first-order chi connectivity index (χ1) is 9.31. The maximum absolute atomic E-state index is 12.3. The SMILES string of the molecule is CCCOc1ccc(C(C)NC(C)CC(F)(F)F)cc1. The zero-order valence-corrected chi connectivity index (χ0v) is 12.1. The number of ether oxygens (including phenoxy) is 1. The standard InChI is InChI=1S/C15H22F3NO/c1-4-9-20-14-7-5-13(6-8-14)12(3)19-11(2)10-15(16,17)18/h5-8,11-12,19H,4,9-10H2,1-3H3. The molecule has 0 radical (unpaired) electrons. The van der Waals surface area contributed by atoms with E-state index >= 15 is 0 Å². The molecule has 0 bridgehead atoms. The molecule has 0 spiro atoms. The molecule has 0 saturated heterocycles. The quantitative estimate of drug-likeness (QED) is 0.799. The van der Waals surface area contributed by atoms with Gasteiger partial charge < -0.3 is 10.1 Å². The molecule has 0 aliphatic rings. The molecule has 2 nitrogen and oxygen atoms in total. The van der Waals surface area contributed by atoms with Crippen LogP contribution in [0.15, 0.2) is 24.3 Å². The van der Waals surface area contributed by atoms with Crippen molar-refractivity contribution in [3.8, 4) is 5.75 Å². The van der Waals surface area contributed by atoms with E-state index in [-0.39, 0.29) is 6.04 Å². The van der Waals surface area contributed by atoms with Crippen LogP contribution in [0.25, 0.3) is 0 Å². The monoisotopic (exact) mass is 289 g/mol. The van der Waals surface area contributed by atoms with Gasteiger partial charge in [-0.15, -0.1) is 0 Å². The maximum Gasteiger partial charge on any atom is 0.390 e. The Bertz CT molecular complexity index is 389. The fraction of sp³-hybridized carbons (Fsp3) is 0.600. The van der Waals surface area contributed by atoms with Crippen molar-refractivity contribution in [3.05, 3.63) is 29.8 Å². The highest BCUT2D eigenvalue weighted by molar-refractivity contribution is 5.29. The van der Waals surface area contributed by atoms with Crippen LogP contribution in [0.5, 0.6) is 5.75 Å². The molecular formula is C15H22F3NO. The summed E-state index contributed by atoms with van der Waals surface area (Å²) in [7, 11) is 0. The molecule has 2 atom stereocenters. The van der Waals surface area contributed by atoms with E-state index in [1.165, 1.54) is 0 Å². The van der Waals surface area contributed by atoms with Gasteiger partial charge in [0.05, 0.1) is 13.0 Å². The molecule has 20 heavy (non-hydrogen) atoms. The Hall–Kier alpha value is -1.23. The lowest BCUT2D eigenvalue weighted by atomic mass is 10.1.